The van der Waals surface area contributed by atoms with Crippen molar-refractivity contribution in [2.45, 2.75) is 13.0 Å². The van der Waals surface area contributed by atoms with Gasteiger partial charge in [-0.15, -0.1) is 11.3 Å². The molecule has 0 N–H and O–H groups in total. The number of carbonyl (C=O) groups excluding carboxylic acids is 1. The standard InChI is InChI=1S/C12H13NOS2/c1-13(8-10-4-6-15-9-10)12(14)7-11-3-2-5-16-11/h2-6,9H,7-8H2,1H3. The highest BCUT2D eigenvalue weighted by Gasteiger charge is 2.10. The zero-order valence-electron chi connectivity index (χ0n) is 9.05. The van der Waals surface area contributed by atoms with E-state index in [1.54, 1.807) is 27.6 Å². The molecule has 0 aliphatic carbocycles. The Hall–Kier alpha value is -1.13. The lowest BCUT2D eigenvalue weighted by atomic mass is 10.3. The van der Waals surface area contributed by atoms with Gasteiger partial charge >= 0.3 is 0 Å². The molecule has 0 saturated heterocycles. The van der Waals surface area contributed by atoms with E-state index in [1.807, 2.05) is 29.9 Å². The largest absolute Gasteiger partial charge is 0.341 e. The molecule has 0 atom stereocenters. The van der Waals surface area contributed by atoms with E-state index in [9.17, 15) is 4.79 Å². The molecule has 4 heteroatoms. The summed E-state index contributed by atoms with van der Waals surface area (Å²) in [4.78, 5) is 14.8. The van der Waals surface area contributed by atoms with Crippen LogP contribution in [-0.2, 0) is 17.8 Å². The van der Waals surface area contributed by atoms with Gasteiger partial charge in [-0.05, 0) is 33.8 Å². The van der Waals surface area contributed by atoms with Gasteiger partial charge in [0.25, 0.3) is 0 Å². The third kappa shape index (κ3) is 2.93. The molecular weight excluding hydrogens is 238 g/mol. The number of rotatable bonds is 4. The lowest BCUT2D eigenvalue weighted by Gasteiger charge is -2.15. The maximum atomic E-state index is 11.9. The zero-order chi connectivity index (χ0) is 11.4. The summed E-state index contributed by atoms with van der Waals surface area (Å²) >= 11 is 3.29. The first-order valence-electron chi connectivity index (χ1n) is 5.03. The third-order valence-corrected chi connectivity index (χ3v) is 3.94. The first-order chi connectivity index (χ1) is 7.75. The van der Waals surface area contributed by atoms with E-state index in [2.05, 4.69) is 11.4 Å². The Balaban J connectivity index is 1.90. The summed E-state index contributed by atoms with van der Waals surface area (Å²) in [5.74, 6) is 0.175. The number of carbonyl (C=O) groups is 1. The van der Waals surface area contributed by atoms with Crippen LogP contribution in [0.2, 0.25) is 0 Å². The molecule has 84 valence electrons. The molecule has 2 aromatic rings. The fourth-order valence-electron chi connectivity index (χ4n) is 1.44. The summed E-state index contributed by atoms with van der Waals surface area (Å²) < 4.78 is 0. The van der Waals surface area contributed by atoms with Gasteiger partial charge in [0.2, 0.25) is 5.91 Å². The fraction of sp³-hybridized carbons (Fsp3) is 0.250. The highest BCUT2D eigenvalue weighted by molar-refractivity contribution is 7.10. The summed E-state index contributed by atoms with van der Waals surface area (Å²) in [7, 11) is 1.85. The van der Waals surface area contributed by atoms with Gasteiger partial charge in [0.05, 0.1) is 6.42 Å². The molecule has 2 heterocycles. The molecule has 2 nitrogen and oxygen atoms in total. The highest BCUT2D eigenvalue weighted by atomic mass is 32.1. The van der Waals surface area contributed by atoms with E-state index in [0.29, 0.717) is 13.0 Å². The van der Waals surface area contributed by atoms with Crippen molar-refractivity contribution in [1.82, 2.24) is 4.90 Å². The Morgan fingerprint density at radius 3 is 2.88 bits per heavy atom. The molecule has 0 unspecified atom stereocenters. The molecule has 0 aliphatic rings. The molecule has 0 fully saturated rings. The van der Waals surface area contributed by atoms with Gasteiger partial charge in [0, 0.05) is 18.5 Å². The van der Waals surface area contributed by atoms with Gasteiger partial charge in [-0.25, -0.2) is 0 Å². The van der Waals surface area contributed by atoms with E-state index in [0.717, 1.165) is 4.88 Å². The Labute approximate surface area is 103 Å². The van der Waals surface area contributed by atoms with Gasteiger partial charge in [-0.1, -0.05) is 6.07 Å². The molecule has 16 heavy (non-hydrogen) atoms. The van der Waals surface area contributed by atoms with Crippen molar-refractivity contribution >= 4 is 28.6 Å². The Bertz CT molecular complexity index is 434. The van der Waals surface area contributed by atoms with Crippen molar-refractivity contribution in [2.24, 2.45) is 0 Å². The maximum Gasteiger partial charge on any atom is 0.227 e. The predicted octanol–water partition coefficient (Wildman–Crippen LogP) is 3.01. The van der Waals surface area contributed by atoms with E-state index in [-0.39, 0.29) is 5.91 Å². The molecule has 0 radical (unpaired) electrons. The average molecular weight is 251 g/mol. The Kier molecular flexibility index (Phi) is 3.74. The number of amides is 1. The minimum absolute atomic E-state index is 0.175. The monoisotopic (exact) mass is 251 g/mol. The van der Waals surface area contributed by atoms with Crippen molar-refractivity contribution < 1.29 is 4.79 Å². The van der Waals surface area contributed by atoms with Crippen molar-refractivity contribution in [3.05, 3.63) is 44.8 Å². The van der Waals surface area contributed by atoms with Crippen molar-refractivity contribution in [1.29, 1.82) is 0 Å². The first kappa shape index (κ1) is 11.4. The van der Waals surface area contributed by atoms with Crippen LogP contribution in [0.4, 0.5) is 0 Å². The van der Waals surface area contributed by atoms with Gasteiger partial charge in [-0.2, -0.15) is 11.3 Å². The molecule has 0 aliphatic heterocycles. The average Bonchev–Trinajstić information content (AvgIpc) is 2.90. The van der Waals surface area contributed by atoms with Crippen LogP contribution >= 0.6 is 22.7 Å². The molecule has 2 aromatic heterocycles. The van der Waals surface area contributed by atoms with Crippen LogP contribution < -0.4 is 0 Å². The first-order valence-corrected chi connectivity index (χ1v) is 6.85. The summed E-state index contributed by atoms with van der Waals surface area (Å²) in [6, 6.07) is 6.03. The van der Waals surface area contributed by atoms with E-state index in [1.165, 1.54) is 5.56 Å². The number of hydrogen-bond acceptors (Lipinski definition) is 3. The molecule has 0 saturated carbocycles. The van der Waals surface area contributed by atoms with Crippen LogP contribution in [0.1, 0.15) is 10.4 Å². The van der Waals surface area contributed by atoms with Crippen molar-refractivity contribution in [3.63, 3.8) is 0 Å². The molecule has 1 amide bonds. The minimum Gasteiger partial charge on any atom is -0.341 e. The zero-order valence-corrected chi connectivity index (χ0v) is 10.7. The van der Waals surface area contributed by atoms with Gasteiger partial charge in [0.15, 0.2) is 0 Å². The fourth-order valence-corrected chi connectivity index (χ4v) is 2.80. The topological polar surface area (TPSA) is 20.3 Å². The third-order valence-electron chi connectivity index (χ3n) is 2.33. The van der Waals surface area contributed by atoms with Crippen LogP contribution in [0.3, 0.4) is 0 Å². The summed E-state index contributed by atoms with van der Waals surface area (Å²) in [5, 5.41) is 6.11. The van der Waals surface area contributed by atoms with E-state index in [4.69, 9.17) is 0 Å². The van der Waals surface area contributed by atoms with Crippen LogP contribution in [-0.4, -0.2) is 17.9 Å². The number of likely N-dealkylation sites (N-methyl/N-ethyl adjacent to an activating group) is 1. The normalized spacial score (nSPS) is 10.3. The number of thiophene rings is 2. The summed E-state index contributed by atoms with van der Waals surface area (Å²) in [6.45, 7) is 0.702. The lowest BCUT2D eigenvalue weighted by Crippen LogP contribution is -2.27. The second kappa shape index (κ2) is 5.27. The van der Waals surface area contributed by atoms with Gasteiger partial charge in [-0.3, -0.25) is 4.79 Å². The van der Waals surface area contributed by atoms with Gasteiger partial charge in [0.1, 0.15) is 0 Å². The molecule has 0 aromatic carbocycles. The minimum atomic E-state index is 0.175. The Morgan fingerprint density at radius 2 is 2.25 bits per heavy atom. The van der Waals surface area contributed by atoms with Crippen LogP contribution in [0.5, 0.6) is 0 Å². The molecule has 2 rings (SSSR count). The van der Waals surface area contributed by atoms with Crippen LogP contribution in [0.15, 0.2) is 34.3 Å². The van der Waals surface area contributed by atoms with Gasteiger partial charge < -0.3 is 4.90 Å². The second-order valence-corrected chi connectivity index (χ2v) is 5.45. The summed E-state index contributed by atoms with van der Waals surface area (Å²) in [5.41, 5.74) is 1.20. The molecule has 0 bridgehead atoms. The SMILES string of the molecule is CN(Cc1ccsc1)C(=O)Cc1cccs1. The van der Waals surface area contributed by atoms with Crippen molar-refractivity contribution in [2.75, 3.05) is 7.05 Å². The predicted molar refractivity (Wildman–Crippen MR) is 68.8 cm³/mol. The lowest BCUT2D eigenvalue weighted by molar-refractivity contribution is -0.129. The summed E-state index contributed by atoms with van der Waals surface area (Å²) in [6.07, 6.45) is 0.512. The number of nitrogens with zero attached hydrogens (tertiary/aromatic N) is 1. The van der Waals surface area contributed by atoms with E-state index < -0.39 is 0 Å². The smallest absolute Gasteiger partial charge is 0.227 e. The van der Waals surface area contributed by atoms with E-state index >= 15 is 0 Å². The number of hydrogen-bond donors (Lipinski definition) is 0. The van der Waals surface area contributed by atoms with Crippen LogP contribution in [0.25, 0.3) is 0 Å². The highest BCUT2D eigenvalue weighted by Crippen LogP contribution is 2.12. The second-order valence-electron chi connectivity index (χ2n) is 3.64. The van der Waals surface area contributed by atoms with Crippen molar-refractivity contribution in [3.8, 4) is 0 Å². The quantitative estimate of drug-likeness (QED) is 0.818. The molecular formula is C12H13NOS2. The maximum absolute atomic E-state index is 11.9. The van der Waals surface area contributed by atoms with Crippen LogP contribution in [0, 0.1) is 0 Å². The Morgan fingerprint density at radius 1 is 1.38 bits per heavy atom. The molecule has 0 spiro atoms.